The van der Waals surface area contributed by atoms with Gasteiger partial charge in [0.25, 0.3) is 15.6 Å². The predicted octanol–water partition coefficient (Wildman–Crippen LogP) is 6.45. The van der Waals surface area contributed by atoms with Crippen molar-refractivity contribution in [1.29, 1.82) is 0 Å². The molecule has 9 heteroatoms. The molecule has 0 aliphatic carbocycles. The summed E-state index contributed by atoms with van der Waals surface area (Å²) in [7, 11) is -0.149. The fourth-order valence-electron chi connectivity index (χ4n) is 5.25. The maximum atomic E-state index is 14.0. The van der Waals surface area contributed by atoms with E-state index in [9.17, 15) is 13.2 Å². The summed E-state index contributed by atoms with van der Waals surface area (Å²) in [5.41, 5.74) is 4.21. The smallest absolute Gasteiger partial charge is 0.279 e. The molecule has 1 unspecified atom stereocenters. The summed E-state index contributed by atoms with van der Waals surface area (Å²) < 4.78 is 29.1. The fraction of sp³-hybridized carbons (Fsp3) is 0.125. The van der Waals surface area contributed by atoms with Crippen LogP contribution in [-0.4, -0.2) is 37.6 Å². The maximum absolute atomic E-state index is 14.0. The second kappa shape index (κ2) is 10.5. The zero-order valence-corrected chi connectivity index (χ0v) is 24.0. The van der Waals surface area contributed by atoms with Gasteiger partial charge in [0, 0.05) is 47.7 Å². The molecule has 0 saturated carbocycles. The Balaban J connectivity index is 1.58. The van der Waals surface area contributed by atoms with E-state index in [1.807, 2.05) is 79.7 Å². The number of hydrazone groups is 1. The predicted molar refractivity (Wildman–Crippen MR) is 165 cm³/mol. The van der Waals surface area contributed by atoms with Crippen LogP contribution < -0.4 is 10.5 Å². The van der Waals surface area contributed by atoms with E-state index in [-0.39, 0.29) is 16.9 Å². The Morgan fingerprint density at radius 1 is 0.878 bits per heavy atom. The van der Waals surface area contributed by atoms with Gasteiger partial charge in [-0.2, -0.15) is 17.9 Å². The number of pyridine rings is 1. The molecular weight excluding hydrogens is 556 g/mol. The quantitative estimate of drug-likeness (QED) is 0.249. The Bertz CT molecular complexity index is 1940. The van der Waals surface area contributed by atoms with Crippen LogP contribution in [0, 0.1) is 0 Å². The highest BCUT2D eigenvalue weighted by molar-refractivity contribution is 7.89. The lowest BCUT2D eigenvalue weighted by Gasteiger charge is -2.24. The highest BCUT2D eigenvalue weighted by Gasteiger charge is 2.39. The molecule has 1 aliphatic heterocycles. The van der Waals surface area contributed by atoms with E-state index in [4.69, 9.17) is 16.7 Å². The number of nitrogens with zero attached hydrogens (tertiary/aromatic N) is 3. The minimum atomic E-state index is -4.04. The van der Waals surface area contributed by atoms with Gasteiger partial charge in [-0.05, 0) is 53.6 Å². The Kier molecular flexibility index (Phi) is 6.89. The number of fused-ring (bicyclic) bond motifs is 1. The van der Waals surface area contributed by atoms with Crippen molar-refractivity contribution in [2.75, 3.05) is 19.0 Å². The molecule has 6 rings (SSSR count). The summed E-state index contributed by atoms with van der Waals surface area (Å²) in [5, 5.41) is 5.97. The van der Waals surface area contributed by atoms with Crippen LogP contribution in [0.2, 0.25) is 5.02 Å². The number of anilines is 1. The van der Waals surface area contributed by atoms with Gasteiger partial charge in [-0.1, -0.05) is 72.3 Å². The summed E-state index contributed by atoms with van der Waals surface area (Å²) >= 11 is 6.41. The first-order chi connectivity index (χ1) is 19.7. The molecule has 0 radical (unpaired) electrons. The number of halogens is 1. The topological polar surface area (TPSA) is 85.8 Å². The number of sulfonamides is 1. The third-order valence-corrected chi connectivity index (χ3v) is 9.21. The van der Waals surface area contributed by atoms with Crippen LogP contribution in [0.25, 0.3) is 22.0 Å². The first kappa shape index (κ1) is 26.8. The summed E-state index contributed by atoms with van der Waals surface area (Å²) in [4.78, 5) is 18.8. The highest BCUT2D eigenvalue weighted by Crippen LogP contribution is 2.40. The van der Waals surface area contributed by atoms with Gasteiger partial charge < -0.3 is 9.88 Å². The molecule has 7 nitrogen and oxygen atoms in total. The molecule has 0 amide bonds. The van der Waals surface area contributed by atoms with E-state index in [0.29, 0.717) is 27.4 Å². The molecule has 1 N–H and O–H groups in total. The summed E-state index contributed by atoms with van der Waals surface area (Å²) in [6, 6.07) is 30.1. The van der Waals surface area contributed by atoms with Crippen molar-refractivity contribution in [3.63, 3.8) is 0 Å². The van der Waals surface area contributed by atoms with Crippen molar-refractivity contribution in [3.8, 4) is 11.1 Å². The van der Waals surface area contributed by atoms with Gasteiger partial charge in [0.05, 0.1) is 22.2 Å². The Morgan fingerprint density at radius 3 is 2.20 bits per heavy atom. The van der Waals surface area contributed by atoms with Crippen molar-refractivity contribution in [2.45, 2.75) is 17.4 Å². The second-order valence-corrected chi connectivity index (χ2v) is 12.3. The molecule has 1 atom stereocenters. The third kappa shape index (κ3) is 4.90. The zero-order valence-electron chi connectivity index (χ0n) is 22.5. The zero-order chi connectivity index (χ0) is 28.7. The molecule has 4 aromatic carbocycles. The fourth-order valence-corrected chi connectivity index (χ4v) is 6.88. The molecule has 0 saturated heterocycles. The lowest BCUT2D eigenvalue weighted by Crippen LogP contribution is -2.27. The summed E-state index contributed by atoms with van der Waals surface area (Å²) in [5.74, 6) is 0. The SMILES string of the molecule is CN(C)c1ccc(C2CC(c3c(-c4ccccc4)c4cc(Cl)ccc4[nH]c3=O)=NN2S(=O)(=O)c2ccccc2)cc1. The first-order valence-electron chi connectivity index (χ1n) is 13.1. The average Bonchev–Trinajstić information content (AvgIpc) is 3.44. The van der Waals surface area contributed by atoms with Crippen molar-refractivity contribution >= 4 is 43.9 Å². The number of hydrogen-bond acceptors (Lipinski definition) is 5. The van der Waals surface area contributed by atoms with E-state index < -0.39 is 16.1 Å². The van der Waals surface area contributed by atoms with E-state index in [0.717, 1.165) is 26.6 Å². The van der Waals surface area contributed by atoms with Crippen LogP contribution in [0.1, 0.15) is 23.6 Å². The molecular formula is C32H27ClN4O3S. The lowest BCUT2D eigenvalue weighted by molar-refractivity contribution is 0.371. The second-order valence-electron chi connectivity index (χ2n) is 10.1. The van der Waals surface area contributed by atoms with Crippen molar-refractivity contribution in [1.82, 2.24) is 9.40 Å². The average molecular weight is 583 g/mol. The van der Waals surface area contributed by atoms with Crippen LogP contribution in [0.15, 0.2) is 118 Å². The van der Waals surface area contributed by atoms with Crippen LogP contribution in [-0.2, 0) is 10.0 Å². The number of rotatable bonds is 6. The Labute approximate surface area is 243 Å². The van der Waals surface area contributed by atoms with Crippen molar-refractivity contribution in [3.05, 3.63) is 130 Å². The summed E-state index contributed by atoms with van der Waals surface area (Å²) in [6.07, 6.45) is 0.211. The Hall–Kier alpha value is -4.40. The molecule has 0 fully saturated rings. The molecule has 0 spiro atoms. The molecule has 1 aliphatic rings. The molecule has 41 heavy (non-hydrogen) atoms. The largest absolute Gasteiger partial charge is 0.378 e. The highest BCUT2D eigenvalue weighted by atomic mass is 35.5. The van der Waals surface area contributed by atoms with Crippen molar-refractivity contribution < 1.29 is 8.42 Å². The van der Waals surface area contributed by atoms with Gasteiger partial charge in [0.2, 0.25) is 0 Å². The van der Waals surface area contributed by atoms with Gasteiger partial charge in [-0.25, -0.2) is 0 Å². The number of H-pyrrole nitrogens is 1. The summed E-state index contributed by atoms with van der Waals surface area (Å²) in [6.45, 7) is 0. The number of hydrogen-bond donors (Lipinski definition) is 1. The van der Waals surface area contributed by atoms with E-state index in [1.54, 1.807) is 42.5 Å². The van der Waals surface area contributed by atoms with Crippen LogP contribution in [0.5, 0.6) is 0 Å². The standard InChI is InChI=1S/C32H27ClN4O3S/c1-36(2)24-16-13-21(14-17-24)29-20-28(35-37(29)41(39,40)25-11-7-4-8-12-25)31-30(22-9-5-3-6-10-22)26-19-23(33)15-18-27(26)34-32(31)38/h3-19,29H,20H2,1-2H3,(H,34,38). The van der Waals surface area contributed by atoms with Gasteiger partial charge >= 0.3 is 0 Å². The lowest BCUT2D eigenvalue weighted by atomic mass is 9.91. The van der Waals surface area contributed by atoms with Crippen LogP contribution >= 0.6 is 11.6 Å². The van der Waals surface area contributed by atoms with Crippen LogP contribution in [0.4, 0.5) is 5.69 Å². The van der Waals surface area contributed by atoms with Gasteiger partial charge in [-0.3, -0.25) is 4.79 Å². The third-order valence-electron chi connectivity index (χ3n) is 7.28. The van der Waals surface area contributed by atoms with E-state index >= 15 is 0 Å². The molecule has 1 aromatic heterocycles. The number of aromatic amines is 1. The first-order valence-corrected chi connectivity index (χ1v) is 14.9. The number of nitrogens with one attached hydrogen (secondary N) is 1. The normalized spacial score (nSPS) is 15.2. The monoisotopic (exact) mass is 582 g/mol. The number of aromatic nitrogens is 1. The molecule has 5 aromatic rings. The molecule has 206 valence electrons. The minimum absolute atomic E-state index is 0.127. The Morgan fingerprint density at radius 2 is 1.54 bits per heavy atom. The van der Waals surface area contributed by atoms with Gasteiger partial charge in [0.15, 0.2) is 0 Å². The molecule has 2 heterocycles. The van der Waals surface area contributed by atoms with E-state index in [2.05, 4.69) is 4.98 Å². The van der Waals surface area contributed by atoms with Crippen molar-refractivity contribution in [2.24, 2.45) is 5.10 Å². The minimum Gasteiger partial charge on any atom is -0.378 e. The number of benzene rings is 4. The molecule has 0 bridgehead atoms. The van der Waals surface area contributed by atoms with Gasteiger partial charge in [0.1, 0.15) is 0 Å². The maximum Gasteiger partial charge on any atom is 0.279 e. The van der Waals surface area contributed by atoms with Crippen LogP contribution in [0.3, 0.4) is 0 Å². The van der Waals surface area contributed by atoms with E-state index in [1.165, 1.54) is 0 Å². The van der Waals surface area contributed by atoms with Gasteiger partial charge in [-0.15, -0.1) is 0 Å².